The number of fused-ring (bicyclic) bond motifs is 3. The van der Waals surface area contributed by atoms with Gasteiger partial charge in [-0.1, -0.05) is 103 Å². The molecule has 1 aliphatic carbocycles. The molecule has 29 heavy (non-hydrogen) atoms. The highest BCUT2D eigenvalue weighted by Gasteiger charge is 2.28. The maximum atomic E-state index is 2.41. The van der Waals surface area contributed by atoms with Crippen LogP contribution in [0.3, 0.4) is 0 Å². The largest absolute Gasteiger partial charge is 0.0622 e. The minimum atomic E-state index is 0.473. The van der Waals surface area contributed by atoms with Gasteiger partial charge in [0.25, 0.3) is 0 Å². The normalized spacial score (nSPS) is 17.9. The third-order valence-electron chi connectivity index (χ3n) is 6.48. The van der Waals surface area contributed by atoms with Crippen molar-refractivity contribution < 1.29 is 0 Å². The Bertz CT molecular complexity index is 1140. The zero-order valence-corrected chi connectivity index (χ0v) is 17.1. The molecule has 0 spiro atoms. The second-order valence-electron chi connectivity index (χ2n) is 8.34. The van der Waals surface area contributed by atoms with Crippen molar-refractivity contribution in [1.82, 2.24) is 0 Å². The molecule has 0 saturated heterocycles. The molecule has 2 atom stereocenters. The van der Waals surface area contributed by atoms with Crippen LogP contribution in [0, 0.1) is 6.92 Å². The van der Waals surface area contributed by atoms with Gasteiger partial charge in [0.2, 0.25) is 0 Å². The smallest absolute Gasteiger partial charge is 0.00549 e. The summed E-state index contributed by atoms with van der Waals surface area (Å²) in [7, 11) is 0. The molecule has 4 aromatic rings. The first-order valence-electron chi connectivity index (χ1n) is 10.5. The van der Waals surface area contributed by atoms with Gasteiger partial charge in [0.05, 0.1) is 0 Å². The molecule has 0 amide bonds. The molecule has 0 heterocycles. The van der Waals surface area contributed by atoms with Gasteiger partial charge in [-0.25, -0.2) is 0 Å². The number of aryl methyl sites for hydroxylation is 1. The van der Waals surface area contributed by atoms with Crippen LogP contribution in [0.1, 0.15) is 41.0 Å². The fraction of sp³-hybridized carbons (Fsp3) is 0.172. The summed E-state index contributed by atoms with van der Waals surface area (Å²) in [5.41, 5.74) is 11.1. The molecular weight excluding hydrogens is 348 g/mol. The molecule has 2 unspecified atom stereocenters. The summed E-state index contributed by atoms with van der Waals surface area (Å²) in [6, 6.07) is 35.8. The Hall–Kier alpha value is -3.12. The van der Waals surface area contributed by atoms with Gasteiger partial charge in [-0.15, -0.1) is 0 Å². The lowest BCUT2D eigenvalue weighted by atomic mass is 9.80. The molecular formula is C29H26. The molecule has 0 aromatic heterocycles. The number of hydrogen-bond donors (Lipinski definition) is 0. The van der Waals surface area contributed by atoms with Gasteiger partial charge in [-0.3, -0.25) is 0 Å². The van der Waals surface area contributed by atoms with Crippen LogP contribution in [0.25, 0.3) is 22.3 Å². The molecule has 0 nitrogen and oxygen atoms in total. The summed E-state index contributed by atoms with van der Waals surface area (Å²) in [6.07, 6.45) is 1.07. The Morgan fingerprint density at radius 3 is 2.14 bits per heavy atom. The lowest BCUT2D eigenvalue weighted by Crippen LogP contribution is -2.10. The minimum Gasteiger partial charge on any atom is -0.0622 e. The molecule has 0 bridgehead atoms. The van der Waals surface area contributed by atoms with Crippen molar-refractivity contribution in [2.45, 2.75) is 32.1 Å². The molecule has 4 aromatic carbocycles. The molecule has 0 saturated carbocycles. The maximum Gasteiger partial charge on any atom is -0.00549 e. The zero-order valence-electron chi connectivity index (χ0n) is 17.1. The van der Waals surface area contributed by atoms with Gasteiger partial charge in [-0.2, -0.15) is 0 Å². The van der Waals surface area contributed by atoms with Crippen LogP contribution in [-0.4, -0.2) is 0 Å². The van der Waals surface area contributed by atoms with E-state index in [0.29, 0.717) is 11.8 Å². The average Bonchev–Trinajstić information content (AvgIpc) is 2.89. The van der Waals surface area contributed by atoms with Gasteiger partial charge >= 0.3 is 0 Å². The fourth-order valence-electron chi connectivity index (χ4n) is 4.85. The van der Waals surface area contributed by atoms with Crippen LogP contribution in [0.15, 0.2) is 97.1 Å². The molecule has 0 heteroatoms. The first kappa shape index (κ1) is 17.9. The lowest BCUT2D eigenvalue weighted by Gasteiger charge is -2.24. The van der Waals surface area contributed by atoms with Crippen LogP contribution in [0.5, 0.6) is 0 Å². The summed E-state index contributed by atoms with van der Waals surface area (Å²) >= 11 is 0. The average molecular weight is 375 g/mol. The monoisotopic (exact) mass is 374 g/mol. The number of benzene rings is 4. The minimum absolute atomic E-state index is 0.473. The van der Waals surface area contributed by atoms with Crippen molar-refractivity contribution >= 4 is 0 Å². The van der Waals surface area contributed by atoms with Crippen LogP contribution in [0.4, 0.5) is 0 Å². The van der Waals surface area contributed by atoms with Gasteiger partial charge < -0.3 is 0 Å². The maximum absolute atomic E-state index is 2.41. The van der Waals surface area contributed by atoms with E-state index in [9.17, 15) is 0 Å². The third kappa shape index (κ3) is 3.29. The first-order valence-corrected chi connectivity index (χ1v) is 10.5. The van der Waals surface area contributed by atoms with Crippen molar-refractivity contribution in [1.29, 1.82) is 0 Å². The van der Waals surface area contributed by atoms with E-state index in [0.717, 1.165) is 6.42 Å². The van der Waals surface area contributed by atoms with Crippen LogP contribution < -0.4 is 0 Å². The highest BCUT2D eigenvalue weighted by molar-refractivity contribution is 5.79. The van der Waals surface area contributed by atoms with Crippen molar-refractivity contribution in [2.24, 2.45) is 0 Å². The molecule has 0 aliphatic heterocycles. The van der Waals surface area contributed by atoms with Gasteiger partial charge in [0.15, 0.2) is 0 Å². The summed E-state index contributed by atoms with van der Waals surface area (Å²) < 4.78 is 0. The Balaban J connectivity index is 1.72. The Kier molecular flexibility index (Phi) is 4.56. The predicted octanol–water partition coefficient (Wildman–Crippen LogP) is 7.77. The van der Waals surface area contributed by atoms with Crippen LogP contribution >= 0.6 is 0 Å². The topological polar surface area (TPSA) is 0 Å². The molecule has 0 fully saturated rings. The van der Waals surface area contributed by atoms with Crippen molar-refractivity contribution in [3.05, 3.63) is 119 Å². The van der Waals surface area contributed by atoms with E-state index in [-0.39, 0.29) is 0 Å². The molecule has 5 rings (SSSR count). The quantitative estimate of drug-likeness (QED) is 0.336. The Labute approximate surface area is 173 Å². The lowest BCUT2D eigenvalue weighted by molar-refractivity contribution is 0.579. The molecule has 0 radical (unpaired) electrons. The van der Waals surface area contributed by atoms with E-state index in [1.54, 1.807) is 0 Å². The van der Waals surface area contributed by atoms with Crippen molar-refractivity contribution in [3.8, 4) is 22.3 Å². The van der Waals surface area contributed by atoms with E-state index >= 15 is 0 Å². The number of rotatable bonds is 2. The Morgan fingerprint density at radius 1 is 0.655 bits per heavy atom. The summed E-state index contributed by atoms with van der Waals surface area (Å²) in [4.78, 5) is 0. The summed E-state index contributed by atoms with van der Waals surface area (Å²) in [5, 5.41) is 0. The standard InChI is InChI=1S/C29H26/c1-20-13-16-26-21(2)27(23-11-7-4-8-12-23)19-25-15-14-24(18-28(25)29(26)17-20)22-9-5-3-6-10-22/h3-18,21,27H,19H2,1-2H3. The van der Waals surface area contributed by atoms with Crippen molar-refractivity contribution in [3.63, 3.8) is 0 Å². The highest BCUT2D eigenvalue weighted by Crippen LogP contribution is 2.46. The van der Waals surface area contributed by atoms with Crippen LogP contribution in [-0.2, 0) is 6.42 Å². The highest BCUT2D eigenvalue weighted by atomic mass is 14.3. The second-order valence-corrected chi connectivity index (χ2v) is 8.34. The zero-order chi connectivity index (χ0) is 19.8. The van der Waals surface area contributed by atoms with E-state index in [4.69, 9.17) is 0 Å². The van der Waals surface area contributed by atoms with E-state index in [1.165, 1.54) is 44.5 Å². The van der Waals surface area contributed by atoms with Gasteiger partial charge in [0.1, 0.15) is 0 Å². The SMILES string of the molecule is Cc1ccc2c(c1)-c1cc(-c3ccccc3)ccc1CC(c1ccccc1)C2C. The third-order valence-corrected chi connectivity index (χ3v) is 6.48. The molecule has 0 N–H and O–H groups in total. The van der Waals surface area contributed by atoms with Gasteiger partial charge in [-0.05, 0) is 70.2 Å². The summed E-state index contributed by atoms with van der Waals surface area (Å²) in [5.74, 6) is 0.960. The van der Waals surface area contributed by atoms with Crippen LogP contribution in [0.2, 0.25) is 0 Å². The van der Waals surface area contributed by atoms with E-state index in [2.05, 4.69) is 111 Å². The fourth-order valence-corrected chi connectivity index (χ4v) is 4.85. The second kappa shape index (κ2) is 7.37. The first-order chi connectivity index (χ1) is 14.2. The molecule has 142 valence electrons. The van der Waals surface area contributed by atoms with Gasteiger partial charge in [0, 0.05) is 0 Å². The molecule has 1 aliphatic rings. The number of hydrogen-bond acceptors (Lipinski definition) is 0. The van der Waals surface area contributed by atoms with E-state index < -0.39 is 0 Å². The Morgan fingerprint density at radius 2 is 1.38 bits per heavy atom. The predicted molar refractivity (Wildman–Crippen MR) is 123 cm³/mol. The van der Waals surface area contributed by atoms with Crippen molar-refractivity contribution in [2.75, 3.05) is 0 Å². The van der Waals surface area contributed by atoms with E-state index in [1.807, 2.05) is 0 Å². The summed E-state index contributed by atoms with van der Waals surface area (Å²) in [6.45, 7) is 4.60.